The number of hydrogen-bond donors (Lipinski definition) is 1. The Kier molecular flexibility index (Phi) is 5.25. The summed E-state index contributed by atoms with van der Waals surface area (Å²) in [6, 6.07) is 13.8. The lowest BCUT2D eigenvalue weighted by atomic mass is 9.78. The average Bonchev–Trinajstić information content (AvgIpc) is 3.19. The topological polar surface area (TPSA) is 70.1 Å². The fourth-order valence-corrected chi connectivity index (χ4v) is 5.48. The minimum absolute atomic E-state index is 0.00275. The summed E-state index contributed by atoms with van der Waals surface area (Å²) in [5.41, 5.74) is 9.45. The molecule has 2 N–H and O–H groups in total. The third-order valence-electron chi connectivity index (χ3n) is 5.65. The van der Waals surface area contributed by atoms with Crippen molar-refractivity contribution in [2.45, 2.75) is 51.4 Å². The molecule has 0 spiro atoms. The predicted molar refractivity (Wildman–Crippen MR) is 122 cm³/mol. The molecule has 154 valence electrons. The Hall–Kier alpha value is -2.55. The third kappa shape index (κ3) is 3.45. The molecule has 1 aliphatic carbocycles. The normalized spacial score (nSPS) is 19.8. The smallest absolute Gasteiger partial charge is 0.161 e. The number of halogens is 1. The van der Waals surface area contributed by atoms with Gasteiger partial charge in [0.2, 0.25) is 0 Å². The maximum Gasteiger partial charge on any atom is 0.161 e. The zero-order valence-electron chi connectivity index (χ0n) is 17.3. The molecule has 0 fully saturated rings. The van der Waals surface area contributed by atoms with E-state index in [1.54, 1.807) is 23.5 Å². The van der Waals surface area contributed by atoms with Crippen molar-refractivity contribution in [3.8, 4) is 6.07 Å². The van der Waals surface area contributed by atoms with Gasteiger partial charge in [0.1, 0.15) is 5.82 Å². The first-order chi connectivity index (χ1) is 14.2. The van der Waals surface area contributed by atoms with Crippen molar-refractivity contribution in [2.24, 2.45) is 5.73 Å². The molecule has 1 aliphatic heterocycles. The molecule has 0 amide bonds. The minimum atomic E-state index is -0.401. The number of anilines is 1. The van der Waals surface area contributed by atoms with Crippen LogP contribution < -0.4 is 10.6 Å². The van der Waals surface area contributed by atoms with Crippen LogP contribution in [0.2, 0.25) is 5.02 Å². The van der Waals surface area contributed by atoms with Crippen molar-refractivity contribution in [1.82, 2.24) is 0 Å². The van der Waals surface area contributed by atoms with Crippen LogP contribution in [0.15, 0.2) is 59.1 Å². The maximum atomic E-state index is 13.1. The maximum absolute atomic E-state index is 13.1. The van der Waals surface area contributed by atoms with Crippen LogP contribution in [0.5, 0.6) is 0 Å². The van der Waals surface area contributed by atoms with Crippen molar-refractivity contribution in [2.75, 3.05) is 4.90 Å². The van der Waals surface area contributed by atoms with Crippen LogP contribution in [0.3, 0.4) is 0 Å². The summed E-state index contributed by atoms with van der Waals surface area (Å²) >= 11 is 7.73. The van der Waals surface area contributed by atoms with Gasteiger partial charge >= 0.3 is 0 Å². The zero-order valence-corrected chi connectivity index (χ0v) is 18.9. The summed E-state index contributed by atoms with van der Waals surface area (Å²) in [5, 5.41) is 10.7. The number of allylic oxidation sites excluding steroid dienone is 3. The lowest BCUT2D eigenvalue weighted by Crippen LogP contribution is -2.38. The van der Waals surface area contributed by atoms with Gasteiger partial charge in [0.25, 0.3) is 0 Å². The van der Waals surface area contributed by atoms with E-state index < -0.39 is 5.92 Å². The molecular weight excluding hydrogens is 414 g/mol. The molecule has 2 aromatic rings. The lowest BCUT2D eigenvalue weighted by molar-refractivity contribution is -0.116. The number of ketones is 1. The Morgan fingerprint density at radius 1 is 1.17 bits per heavy atom. The minimum Gasteiger partial charge on any atom is -0.384 e. The van der Waals surface area contributed by atoms with Crippen molar-refractivity contribution in [3.63, 3.8) is 0 Å². The van der Waals surface area contributed by atoms with Crippen molar-refractivity contribution < 1.29 is 4.79 Å². The number of carbonyl (C=O) groups excluding carboxylic acids is 1. The molecule has 30 heavy (non-hydrogen) atoms. The number of nitrogens with zero attached hydrogens (tertiary/aromatic N) is 2. The molecule has 2 aliphatic rings. The number of thiophene rings is 1. The average molecular weight is 438 g/mol. The Morgan fingerprint density at radius 2 is 1.87 bits per heavy atom. The van der Waals surface area contributed by atoms with Crippen LogP contribution >= 0.6 is 22.9 Å². The first-order valence-electron chi connectivity index (χ1n) is 10.0. The summed E-state index contributed by atoms with van der Waals surface area (Å²) in [6.45, 7) is 6.49. The van der Waals surface area contributed by atoms with Gasteiger partial charge in [-0.2, -0.15) is 5.26 Å². The number of nitrogens with two attached hydrogens (primary N) is 1. The van der Waals surface area contributed by atoms with Gasteiger partial charge in [-0.25, -0.2) is 0 Å². The van der Waals surface area contributed by atoms with E-state index >= 15 is 0 Å². The van der Waals surface area contributed by atoms with Gasteiger partial charge in [0, 0.05) is 38.2 Å². The van der Waals surface area contributed by atoms with Crippen LogP contribution in [-0.4, -0.2) is 5.78 Å². The predicted octanol–water partition coefficient (Wildman–Crippen LogP) is 6.00. The molecule has 0 saturated carbocycles. The number of hydrogen-bond acceptors (Lipinski definition) is 5. The van der Waals surface area contributed by atoms with Crippen molar-refractivity contribution >= 4 is 34.4 Å². The summed E-state index contributed by atoms with van der Waals surface area (Å²) in [6.07, 6.45) is 2.03. The van der Waals surface area contributed by atoms with Crippen LogP contribution in [-0.2, 0) is 10.2 Å². The first-order valence-corrected chi connectivity index (χ1v) is 11.2. The van der Waals surface area contributed by atoms with Crippen molar-refractivity contribution in [1.29, 1.82) is 5.26 Å². The van der Waals surface area contributed by atoms with Gasteiger partial charge < -0.3 is 5.73 Å². The first kappa shape index (κ1) is 20.7. The van der Waals surface area contributed by atoms with Gasteiger partial charge in [-0.05, 0) is 54.7 Å². The van der Waals surface area contributed by atoms with E-state index in [9.17, 15) is 10.1 Å². The summed E-state index contributed by atoms with van der Waals surface area (Å²) in [4.78, 5) is 17.2. The second kappa shape index (κ2) is 7.61. The molecule has 2 heterocycles. The third-order valence-corrected chi connectivity index (χ3v) is 7.48. The number of Topliss-reactive ketones (excluding diaryl/α,β-unsaturated/α-hetero) is 1. The van der Waals surface area contributed by atoms with E-state index in [0.717, 1.165) is 29.1 Å². The van der Waals surface area contributed by atoms with Crippen LogP contribution in [0, 0.1) is 11.3 Å². The van der Waals surface area contributed by atoms with E-state index in [4.69, 9.17) is 17.3 Å². The molecule has 0 radical (unpaired) electrons. The van der Waals surface area contributed by atoms with E-state index in [0.29, 0.717) is 28.4 Å². The highest BCUT2D eigenvalue weighted by atomic mass is 35.5. The highest BCUT2D eigenvalue weighted by molar-refractivity contribution is 7.12. The number of rotatable bonds is 2. The second-order valence-corrected chi connectivity index (χ2v) is 10.3. The molecule has 0 saturated heterocycles. The molecule has 4 nitrogen and oxygen atoms in total. The van der Waals surface area contributed by atoms with Crippen LogP contribution in [0.25, 0.3) is 0 Å². The van der Waals surface area contributed by atoms with E-state index in [2.05, 4.69) is 32.9 Å². The summed E-state index contributed by atoms with van der Waals surface area (Å²) < 4.78 is 0. The van der Waals surface area contributed by atoms with Crippen LogP contribution in [0.4, 0.5) is 5.69 Å². The SMILES string of the molecule is CC(C)(C)c1ccc([C@H]2C(C#N)=C(N)N(c3ccc(Cl)cc3)C3=C2C(=O)CCC3)s1. The summed E-state index contributed by atoms with van der Waals surface area (Å²) in [7, 11) is 0. The number of nitriles is 1. The Labute approximate surface area is 186 Å². The highest BCUT2D eigenvalue weighted by Crippen LogP contribution is 2.48. The Morgan fingerprint density at radius 3 is 2.47 bits per heavy atom. The van der Waals surface area contributed by atoms with E-state index in [1.807, 2.05) is 23.1 Å². The summed E-state index contributed by atoms with van der Waals surface area (Å²) in [5.74, 6) is 0.0950. The van der Waals surface area contributed by atoms with E-state index in [-0.39, 0.29) is 11.2 Å². The van der Waals surface area contributed by atoms with Gasteiger partial charge in [-0.1, -0.05) is 32.4 Å². The molecule has 1 aromatic carbocycles. The fourth-order valence-electron chi connectivity index (χ4n) is 4.17. The fraction of sp³-hybridized carbons (Fsp3) is 0.333. The Balaban J connectivity index is 1.92. The molecule has 6 heteroatoms. The van der Waals surface area contributed by atoms with Gasteiger partial charge in [0.15, 0.2) is 5.78 Å². The second-order valence-electron chi connectivity index (χ2n) is 8.74. The van der Waals surface area contributed by atoms with Gasteiger partial charge in [0.05, 0.1) is 17.6 Å². The van der Waals surface area contributed by atoms with Gasteiger partial charge in [-0.15, -0.1) is 11.3 Å². The highest BCUT2D eigenvalue weighted by Gasteiger charge is 2.41. The molecule has 1 atom stereocenters. The Bertz CT molecular complexity index is 1110. The van der Waals surface area contributed by atoms with Crippen LogP contribution in [0.1, 0.15) is 55.7 Å². The molecule has 0 unspecified atom stereocenters. The monoisotopic (exact) mass is 437 g/mol. The molecule has 1 aromatic heterocycles. The molecule has 0 bridgehead atoms. The molecule has 4 rings (SSSR count). The van der Waals surface area contributed by atoms with Crippen molar-refractivity contribution in [3.05, 3.63) is 73.8 Å². The largest absolute Gasteiger partial charge is 0.384 e. The lowest BCUT2D eigenvalue weighted by Gasteiger charge is -2.39. The van der Waals surface area contributed by atoms with E-state index in [1.165, 1.54) is 4.88 Å². The number of carbonyl (C=O) groups is 1. The number of benzene rings is 1. The zero-order chi connectivity index (χ0) is 21.6. The molecular formula is C24H24ClN3OS. The standard InChI is InChI=1S/C24H24ClN3OS/c1-24(2,3)20-12-11-19(30-20)21-16(13-26)23(27)28(15-9-7-14(25)8-10-15)17-5-4-6-18(29)22(17)21/h7-12,21H,4-6,27H2,1-3H3/t21-/m1/s1. The quantitative estimate of drug-likeness (QED) is 0.625. The van der Waals surface area contributed by atoms with Gasteiger partial charge in [-0.3, -0.25) is 9.69 Å².